The van der Waals surface area contributed by atoms with Gasteiger partial charge in [0.1, 0.15) is 17.9 Å². The van der Waals surface area contributed by atoms with E-state index in [0.29, 0.717) is 26.2 Å². The summed E-state index contributed by atoms with van der Waals surface area (Å²) in [4.78, 5) is 12.7. The topological polar surface area (TPSA) is 73.6 Å². The molecule has 2 atom stereocenters. The highest BCUT2D eigenvalue weighted by atomic mass is 16.5. The highest BCUT2D eigenvalue weighted by Crippen LogP contribution is 2.49. The average molecular weight is 332 g/mol. The summed E-state index contributed by atoms with van der Waals surface area (Å²) in [5, 5.41) is 2.95. The third-order valence-electron chi connectivity index (χ3n) is 5.00. The van der Waals surface area contributed by atoms with Crippen molar-refractivity contribution in [2.24, 2.45) is 11.1 Å². The standard InChI is InChI=1S/C19H28N2O3/c1-5-11-24-15-10-8-7-9-14(15)13-21-17(22)19(20)12-16(23-6-2)18(19,3)4/h5,7-10,16H,1,6,11-13,20H2,2-4H3,(H,21,22). The fraction of sp³-hybridized carbons (Fsp3) is 0.526. The molecule has 0 spiro atoms. The summed E-state index contributed by atoms with van der Waals surface area (Å²) in [6.07, 6.45) is 2.24. The number of carbonyl (C=O) groups excluding carboxylic acids is 1. The van der Waals surface area contributed by atoms with E-state index in [1.807, 2.05) is 45.0 Å². The number of carbonyl (C=O) groups is 1. The monoisotopic (exact) mass is 332 g/mol. The van der Waals surface area contributed by atoms with Crippen LogP contribution in [0.25, 0.3) is 0 Å². The Balaban J connectivity index is 2.00. The first-order valence-electron chi connectivity index (χ1n) is 8.37. The molecule has 132 valence electrons. The van der Waals surface area contributed by atoms with Crippen molar-refractivity contribution >= 4 is 5.91 Å². The third kappa shape index (κ3) is 3.32. The Bertz CT molecular complexity index is 600. The van der Waals surface area contributed by atoms with Crippen molar-refractivity contribution < 1.29 is 14.3 Å². The number of nitrogens with two attached hydrogens (primary N) is 1. The van der Waals surface area contributed by atoms with Gasteiger partial charge < -0.3 is 20.5 Å². The lowest BCUT2D eigenvalue weighted by atomic mass is 9.54. The Morgan fingerprint density at radius 2 is 2.17 bits per heavy atom. The van der Waals surface area contributed by atoms with E-state index in [4.69, 9.17) is 15.2 Å². The van der Waals surface area contributed by atoms with Crippen molar-refractivity contribution in [1.29, 1.82) is 0 Å². The van der Waals surface area contributed by atoms with E-state index in [-0.39, 0.29) is 12.0 Å². The molecular weight excluding hydrogens is 304 g/mol. The first-order chi connectivity index (χ1) is 11.4. The lowest BCUT2D eigenvalue weighted by molar-refractivity contribution is -0.170. The van der Waals surface area contributed by atoms with Crippen LogP contribution in [0, 0.1) is 5.41 Å². The number of para-hydroxylation sites is 1. The van der Waals surface area contributed by atoms with Crippen LogP contribution in [0.3, 0.4) is 0 Å². The van der Waals surface area contributed by atoms with Gasteiger partial charge in [0.15, 0.2) is 0 Å². The van der Waals surface area contributed by atoms with E-state index in [1.54, 1.807) is 6.08 Å². The molecule has 1 aliphatic rings. The number of hydrogen-bond donors (Lipinski definition) is 2. The second kappa shape index (κ2) is 7.36. The van der Waals surface area contributed by atoms with Crippen LogP contribution in [0.1, 0.15) is 32.8 Å². The van der Waals surface area contributed by atoms with Crippen molar-refractivity contribution in [3.05, 3.63) is 42.5 Å². The molecule has 24 heavy (non-hydrogen) atoms. The van der Waals surface area contributed by atoms with Gasteiger partial charge >= 0.3 is 0 Å². The van der Waals surface area contributed by atoms with Crippen LogP contribution in [0.5, 0.6) is 5.75 Å². The summed E-state index contributed by atoms with van der Waals surface area (Å²) in [6, 6.07) is 7.62. The molecule has 1 aliphatic carbocycles. The molecule has 5 nitrogen and oxygen atoms in total. The van der Waals surface area contributed by atoms with Gasteiger partial charge in [-0.25, -0.2) is 0 Å². The highest BCUT2D eigenvalue weighted by Gasteiger charge is 2.62. The zero-order valence-electron chi connectivity index (χ0n) is 14.8. The molecule has 0 saturated heterocycles. The molecule has 0 aromatic heterocycles. The third-order valence-corrected chi connectivity index (χ3v) is 5.00. The fourth-order valence-corrected chi connectivity index (χ4v) is 3.09. The molecule has 0 aliphatic heterocycles. The summed E-state index contributed by atoms with van der Waals surface area (Å²) in [5.41, 5.74) is 5.99. The van der Waals surface area contributed by atoms with Gasteiger partial charge in [0.05, 0.1) is 6.10 Å². The molecule has 2 rings (SSSR count). The Morgan fingerprint density at radius 3 is 2.79 bits per heavy atom. The van der Waals surface area contributed by atoms with E-state index in [2.05, 4.69) is 11.9 Å². The van der Waals surface area contributed by atoms with Crippen molar-refractivity contribution in [2.45, 2.75) is 45.4 Å². The number of rotatable bonds is 8. The van der Waals surface area contributed by atoms with E-state index in [1.165, 1.54) is 0 Å². The number of nitrogens with one attached hydrogen (secondary N) is 1. The molecule has 1 fully saturated rings. The van der Waals surface area contributed by atoms with E-state index >= 15 is 0 Å². The maximum absolute atomic E-state index is 12.7. The van der Waals surface area contributed by atoms with Gasteiger partial charge in [-0.1, -0.05) is 44.7 Å². The normalized spacial score (nSPS) is 24.8. The minimum atomic E-state index is -0.913. The van der Waals surface area contributed by atoms with E-state index in [0.717, 1.165) is 11.3 Å². The highest BCUT2D eigenvalue weighted by molar-refractivity contribution is 5.88. The quantitative estimate of drug-likeness (QED) is 0.717. The fourth-order valence-electron chi connectivity index (χ4n) is 3.09. The van der Waals surface area contributed by atoms with Crippen LogP contribution in [0.2, 0.25) is 0 Å². The lowest BCUT2D eigenvalue weighted by Gasteiger charge is -2.57. The summed E-state index contributed by atoms with van der Waals surface area (Å²) in [7, 11) is 0. The molecule has 2 unspecified atom stereocenters. The summed E-state index contributed by atoms with van der Waals surface area (Å²) in [5.74, 6) is 0.589. The SMILES string of the molecule is C=CCOc1ccccc1CNC(=O)C1(N)CC(OCC)C1(C)C. The molecule has 1 saturated carbocycles. The van der Waals surface area contributed by atoms with Crippen molar-refractivity contribution in [1.82, 2.24) is 5.32 Å². The van der Waals surface area contributed by atoms with Crippen LogP contribution < -0.4 is 15.8 Å². The molecular formula is C19H28N2O3. The second-order valence-corrected chi connectivity index (χ2v) is 6.73. The van der Waals surface area contributed by atoms with Crippen molar-refractivity contribution in [3.8, 4) is 5.75 Å². The largest absolute Gasteiger partial charge is 0.489 e. The van der Waals surface area contributed by atoms with E-state index < -0.39 is 11.0 Å². The predicted molar refractivity (Wildman–Crippen MR) is 94.7 cm³/mol. The molecule has 0 bridgehead atoms. The van der Waals surface area contributed by atoms with Gasteiger partial charge in [-0.15, -0.1) is 0 Å². The molecule has 0 heterocycles. The van der Waals surface area contributed by atoms with Gasteiger partial charge in [-0.2, -0.15) is 0 Å². The summed E-state index contributed by atoms with van der Waals surface area (Å²) >= 11 is 0. The van der Waals surface area contributed by atoms with Crippen LogP contribution in [0.15, 0.2) is 36.9 Å². The molecule has 5 heteroatoms. The second-order valence-electron chi connectivity index (χ2n) is 6.73. The number of benzene rings is 1. The van der Waals surface area contributed by atoms with E-state index in [9.17, 15) is 4.79 Å². The molecule has 1 aromatic rings. The van der Waals surface area contributed by atoms with Gasteiger partial charge in [0.2, 0.25) is 5.91 Å². The minimum absolute atomic E-state index is 0.0152. The first-order valence-corrected chi connectivity index (χ1v) is 8.37. The molecule has 3 N–H and O–H groups in total. The zero-order chi connectivity index (χ0) is 17.8. The number of hydrogen-bond acceptors (Lipinski definition) is 4. The molecule has 1 aromatic carbocycles. The van der Waals surface area contributed by atoms with Gasteiger partial charge in [-0.05, 0) is 13.0 Å². The van der Waals surface area contributed by atoms with Crippen LogP contribution in [-0.2, 0) is 16.1 Å². The zero-order valence-corrected chi connectivity index (χ0v) is 14.8. The Morgan fingerprint density at radius 1 is 1.46 bits per heavy atom. The predicted octanol–water partition coefficient (Wildman–Crippen LogP) is 2.40. The Kier molecular flexibility index (Phi) is 5.67. The van der Waals surface area contributed by atoms with Crippen molar-refractivity contribution in [2.75, 3.05) is 13.2 Å². The maximum Gasteiger partial charge on any atom is 0.241 e. The van der Waals surface area contributed by atoms with Gasteiger partial charge in [0, 0.05) is 30.6 Å². The first kappa shape index (κ1) is 18.5. The minimum Gasteiger partial charge on any atom is -0.489 e. The lowest BCUT2D eigenvalue weighted by Crippen LogP contribution is -2.75. The number of amides is 1. The van der Waals surface area contributed by atoms with Crippen molar-refractivity contribution in [3.63, 3.8) is 0 Å². The smallest absolute Gasteiger partial charge is 0.241 e. The van der Waals surface area contributed by atoms with Crippen LogP contribution in [-0.4, -0.2) is 30.8 Å². The summed E-state index contributed by atoms with van der Waals surface area (Å²) < 4.78 is 11.3. The Hall–Kier alpha value is -1.85. The average Bonchev–Trinajstić information content (AvgIpc) is 2.58. The number of ether oxygens (including phenoxy) is 2. The van der Waals surface area contributed by atoms with Gasteiger partial charge in [0.25, 0.3) is 0 Å². The van der Waals surface area contributed by atoms with Crippen LogP contribution in [0.4, 0.5) is 0 Å². The molecule has 1 amide bonds. The van der Waals surface area contributed by atoms with Gasteiger partial charge in [-0.3, -0.25) is 4.79 Å². The Labute approximate surface area is 144 Å². The maximum atomic E-state index is 12.7. The molecule has 0 radical (unpaired) electrons. The van der Waals surface area contributed by atoms with Crippen LogP contribution >= 0.6 is 0 Å². The summed E-state index contributed by atoms with van der Waals surface area (Å²) in [6.45, 7) is 11.0.